The summed E-state index contributed by atoms with van der Waals surface area (Å²) in [6.45, 7) is 6.12. The molecule has 2 atom stereocenters. The number of likely N-dealkylation sites (tertiary alicyclic amines) is 1. The molecule has 3 rings (SSSR count). The summed E-state index contributed by atoms with van der Waals surface area (Å²) in [5, 5.41) is 9.63. The number of benzene rings is 2. The molecule has 4 nitrogen and oxygen atoms in total. The minimum Gasteiger partial charge on any atom is -0.480 e. The highest BCUT2D eigenvalue weighted by Crippen LogP contribution is 2.40. The molecule has 0 aliphatic carbocycles. The van der Waals surface area contributed by atoms with E-state index in [1.807, 2.05) is 26.8 Å². The van der Waals surface area contributed by atoms with Crippen LogP contribution >= 0.6 is 0 Å². The number of hydrogen-bond donors (Lipinski definition) is 1. The maximum absolute atomic E-state index is 13.1. The van der Waals surface area contributed by atoms with Crippen LogP contribution in [0.5, 0.6) is 0 Å². The summed E-state index contributed by atoms with van der Waals surface area (Å²) in [5.74, 6) is -1.15. The minimum absolute atomic E-state index is 0.200. The predicted octanol–water partition coefficient (Wildman–Crippen LogP) is 4.04. The average molecular weight is 337 g/mol. The largest absolute Gasteiger partial charge is 0.480 e. The van der Waals surface area contributed by atoms with E-state index < -0.39 is 12.0 Å². The Labute approximate surface area is 148 Å². The molecule has 25 heavy (non-hydrogen) atoms. The second-order valence-corrected chi connectivity index (χ2v) is 6.84. The van der Waals surface area contributed by atoms with Crippen molar-refractivity contribution in [3.63, 3.8) is 0 Å². The van der Waals surface area contributed by atoms with E-state index in [4.69, 9.17) is 0 Å². The highest BCUT2D eigenvalue weighted by atomic mass is 16.4. The molecule has 1 heterocycles. The number of aliphatic carboxylic acids is 1. The van der Waals surface area contributed by atoms with Crippen LogP contribution in [0.15, 0.2) is 42.5 Å². The third kappa shape index (κ3) is 3.16. The van der Waals surface area contributed by atoms with Gasteiger partial charge in [0.15, 0.2) is 0 Å². The Morgan fingerprint density at radius 3 is 2.16 bits per heavy atom. The van der Waals surface area contributed by atoms with Gasteiger partial charge in [0.25, 0.3) is 5.91 Å². The van der Waals surface area contributed by atoms with E-state index in [0.717, 1.165) is 16.7 Å². The Bertz CT molecular complexity index is 790. The molecule has 1 amide bonds. The smallest absolute Gasteiger partial charge is 0.326 e. The highest BCUT2D eigenvalue weighted by Gasteiger charge is 2.42. The number of carbonyl (C=O) groups excluding carboxylic acids is 1. The van der Waals surface area contributed by atoms with Gasteiger partial charge in [0, 0.05) is 5.56 Å². The van der Waals surface area contributed by atoms with E-state index in [0.29, 0.717) is 18.4 Å². The normalized spacial score (nSPS) is 19.9. The van der Waals surface area contributed by atoms with Crippen molar-refractivity contribution in [2.45, 2.75) is 45.7 Å². The van der Waals surface area contributed by atoms with E-state index >= 15 is 0 Å². The second-order valence-electron chi connectivity index (χ2n) is 6.84. The first-order valence-corrected chi connectivity index (χ1v) is 8.58. The summed E-state index contributed by atoms with van der Waals surface area (Å²) >= 11 is 0. The maximum atomic E-state index is 13.1. The lowest BCUT2D eigenvalue weighted by molar-refractivity contribution is -0.141. The summed E-state index contributed by atoms with van der Waals surface area (Å²) in [5.41, 5.74) is 5.01. The molecule has 0 spiro atoms. The van der Waals surface area contributed by atoms with Gasteiger partial charge in [-0.3, -0.25) is 4.79 Å². The number of amides is 1. The molecule has 0 aromatic heterocycles. The van der Waals surface area contributed by atoms with Gasteiger partial charge in [-0.2, -0.15) is 0 Å². The summed E-state index contributed by atoms with van der Waals surface area (Å²) in [6, 6.07) is 12.2. The molecule has 2 unspecified atom stereocenters. The molecule has 0 radical (unpaired) electrons. The van der Waals surface area contributed by atoms with Gasteiger partial charge in [0.05, 0.1) is 6.04 Å². The minimum atomic E-state index is -0.936. The van der Waals surface area contributed by atoms with Crippen molar-refractivity contribution < 1.29 is 14.7 Å². The Hall–Kier alpha value is -2.62. The Kier molecular flexibility index (Phi) is 4.62. The maximum Gasteiger partial charge on any atom is 0.326 e. The number of carboxylic acid groups (broad SMARTS) is 1. The van der Waals surface area contributed by atoms with Gasteiger partial charge in [-0.25, -0.2) is 4.79 Å². The average Bonchev–Trinajstić information content (AvgIpc) is 2.99. The summed E-state index contributed by atoms with van der Waals surface area (Å²) in [4.78, 5) is 26.4. The number of carbonyl (C=O) groups is 2. The Balaban J connectivity index is 2.07. The second kappa shape index (κ2) is 6.71. The quantitative estimate of drug-likeness (QED) is 0.919. The van der Waals surface area contributed by atoms with Gasteiger partial charge in [0.2, 0.25) is 0 Å². The van der Waals surface area contributed by atoms with Crippen molar-refractivity contribution in [2.24, 2.45) is 0 Å². The molecule has 2 aromatic carbocycles. The first kappa shape index (κ1) is 17.2. The van der Waals surface area contributed by atoms with Crippen molar-refractivity contribution in [3.8, 4) is 0 Å². The van der Waals surface area contributed by atoms with Gasteiger partial charge in [0.1, 0.15) is 6.04 Å². The third-order valence-electron chi connectivity index (χ3n) is 5.00. The van der Waals surface area contributed by atoms with E-state index in [9.17, 15) is 14.7 Å². The number of nitrogens with zero attached hydrogens (tertiary/aromatic N) is 1. The van der Waals surface area contributed by atoms with Crippen LogP contribution in [-0.4, -0.2) is 27.9 Å². The Morgan fingerprint density at radius 2 is 1.60 bits per heavy atom. The standard InChI is InChI=1S/C21H23NO3/c1-13-11-14(2)19(15(3)12-13)17-9-10-18(21(24)25)22(17)20(23)16-7-5-4-6-8-16/h4-8,11-12,17-18H,9-10H2,1-3H3,(H,24,25). The zero-order valence-corrected chi connectivity index (χ0v) is 14.8. The van der Waals surface area contributed by atoms with Crippen molar-refractivity contribution in [2.75, 3.05) is 0 Å². The van der Waals surface area contributed by atoms with Gasteiger partial charge in [-0.15, -0.1) is 0 Å². The molecule has 0 saturated carbocycles. The van der Waals surface area contributed by atoms with Gasteiger partial charge in [-0.05, 0) is 62.4 Å². The van der Waals surface area contributed by atoms with Crippen LogP contribution in [0.25, 0.3) is 0 Å². The van der Waals surface area contributed by atoms with Crippen LogP contribution in [0.4, 0.5) is 0 Å². The zero-order valence-electron chi connectivity index (χ0n) is 14.8. The highest BCUT2D eigenvalue weighted by molar-refractivity contribution is 5.97. The molecular weight excluding hydrogens is 314 g/mol. The topological polar surface area (TPSA) is 57.6 Å². The van der Waals surface area contributed by atoms with E-state index in [1.54, 1.807) is 29.2 Å². The lowest BCUT2D eigenvalue weighted by Gasteiger charge is -2.31. The van der Waals surface area contributed by atoms with E-state index in [1.165, 1.54) is 5.56 Å². The fraction of sp³-hybridized carbons (Fsp3) is 0.333. The number of hydrogen-bond acceptors (Lipinski definition) is 2. The molecule has 1 N–H and O–H groups in total. The van der Waals surface area contributed by atoms with Crippen molar-refractivity contribution >= 4 is 11.9 Å². The molecular formula is C21H23NO3. The van der Waals surface area contributed by atoms with Crippen LogP contribution in [-0.2, 0) is 4.79 Å². The van der Waals surface area contributed by atoms with E-state index in [-0.39, 0.29) is 11.9 Å². The molecule has 1 saturated heterocycles. The first-order chi connectivity index (χ1) is 11.9. The summed E-state index contributed by atoms with van der Waals surface area (Å²) < 4.78 is 0. The SMILES string of the molecule is Cc1cc(C)c(C2CCC(C(=O)O)N2C(=O)c2ccccc2)c(C)c1. The molecule has 4 heteroatoms. The summed E-state index contributed by atoms with van der Waals surface area (Å²) in [7, 11) is 0. The molecule has 1 aliphatic heterocycles. The lowest BCUT2D eigenvalue weighted by Crippen LogP contribution is -2.42. The van der Waals surface area contributed by atoms with E-state index in [2.05, 4.69) is 12.1 Å². The number of carboxylic acids is 1. The van der Waals surface area contributed by atoms with Crippen LogP contribution in [0.1, 0.15) is 51.5 Å². The predicted molar refractivity (Wildman–Crippen MR) is 96.7 cm³/mol. The fourth-order valence-corrected chi connectivity index (χ4v) is 4.07. The molecule has 1 fully saturated rings. The van der Waals surface area contributed by atoms with Crippen LogP contribution in [0.2, 0.25) is 0 Å². The van der Waals surface area contributed by atoms with Crippen molar-refractivity contribution in [1.29, 1.82) is 0 Å². The molecule has 0 bridgehead atoms. The molecule has 2 aromatic rings. The van der Waals surface area contributed by atoms with Crippen LogP contribution in [0.3, 0.4) is 0 Å². The zero-order chi connectivity index (χ0) is 18.1. The third-order valence-corrected chi connectivity index (χ3v) is 5.00. The fourth-order valence-electron chi connectivity index (χ4n) is 4.07. The first-order valence-electron chi connectivity index (χ1n) is 8.58. The van der Waals surface area contributed by atoms with Gasteiger partial charge >= 0.3 is 5.97 Å². The van der Waals surface area contributed by atoms with Crippen molar-refractivity contribution in [1.82, 2.24) is 4.90 Å². The van der Waals surface area contributed by atoms with Gasteiger partial charge in [-0.1, -0.05) is 35.9 Å². The monoisotopic (exact) mass is 337 g/mol. The number of rotatable bonds is 3. The lowest BCUT2D eigenvalue weighted by atomic mass is 9.92. The molecule has 130 valence electrons. The Morgan fingerprint density at radius 1 is 1.00 bits per heavy atom. The van der Waals surface area contributed by atoms with Gasteiger partial charge < -0.3 is 10.0 Å². The van der Waals surface area contributed by atoms with Crippen LogP contribution < -0.4 is 0 Å². The van der Waals surface area contributed by atoms with Crippen molar-refractivity contribution in [3.05, 3.63) is 70.3 Å². The number of aryl methyl sites for hydroxylation is 3. The molecule has 1 aliphatic rings. The summed E-state index contributed by atoms with van der Waals surface area (Å²) in [6.07, 6.45) is 1.14. The van der Waals surface area contributed by atoms with Crippen LogP contribution in [0, 0.1) is 20.8 Å².